The Labute approximate surface area is 215 Å². The highest BCUT2D eigenvalue weighted by Crippen LogP contribution is 2.30. The van der Waals surface area contributed by atoms with E-state index in [-0.39, 0.29) is 17.5 Å². The van der Waals surface area contributed by atoms with Crippen molar-refractivity contribution in [1.82, 2.24) is 25.0 Å². The maximum atomic E-state index is 15.0. The Kier molecular flexibility index (Phi) is 7.63. The Bertz CT molecular complexity index is 1330. The summed E-state index contributed by atoms with van der Waals surface area (Å²) in [7, 11) is 2.06. The number of ether oxygens (including phenoxy) is 1. The largest absolute Gasteiger partial charge is 0.465 e. The van der Waals surface area contributed by atoms with Crippen molar-refractivity contribution in [3.05, 3.63) is 53.1 Å². The van der Waals surface area contributed by atoms with Crippen LogP contribution < -0.4 is 10.1 Å². The molecule has 0 bridgehead atoms. The number of aromatic nitrogens is 3. The van der Waals surface area contributed by atoms with Gasteiger partial charge in [-0.2, -0.15) is 5.10 Å². The molecule has 1 aliphatic heterocycles. The number of amidine groups is 1. The van der Waals surface area contributed by atoms with Gasteiger partial charge in [-0.15, -0.1) is 0 Å². The molecule has 2 aromatic heterocycles. The Balaban J connectivity index is 1.58. The smallest absolute Gasteiger partial charge is 0.194 e. The van der Waals surface area contributed by atoms with E-state index in [9.17, 15) is 8.78 Å². The number of halogens is 2. The van der Waals surface area contributed by atoms with Crippen LogP contribution in [0.1, 0.15) is 32.2 Å². The number of aryl methyl sites for hydroxylation is 1. The number of hydrogen-bond donors (Lipinski definition) is 3. The number of likely N-dealkylation sites (N-methyl/N-ethyl adjacent to an activating group) is 1. The molecule has 0 radical (unpaired) electrons. The second-order valence-electron chi connectivity index (χ2n) is 10.2. The first-order valence-corrected chi connectivity index (χ1v) is 12.1. The second kappa shape index (κ2) is 10.7. The summed E-state index contributed by atoms with van der Waals surface area (Å²) in [5, 5.41) is 10.8. The average Bonchev–Trinajstić information content (AvgIpc) is 3.46. The first-order valence-electron chi connectivity index (χ1n) is 12.1. The van der Waals surface area contributed by atoms with Crippen molar-refractivity contribution in [3.63, 3.8) is 0 Å². The third-order valence-electron chi connectivity index (χ3n) is 6.25. The number of rotatable bonds is 7. The lowest BCUT2D eigenvalue weighted by Crippen LogP contribution is -2.47. The van der Waals surface area contributed by atoms with Gasteiger partial charge >= 0.3 is 0 Å². The zero-order chi connectivity index (χ0) is 26.7. The van der Waals surface area contributed by atoms with Crippen LogP contribution in [-0.2, 0) is 5.41 Å². The number of aromatic amines is 2. The van der Waals surface area contributed by atoms with Crippen molar-refractivity contribution in [1.29, 1.82) is 0 Å². The molecule has 1 saturated heterocycles. The molecule has 4 rings (SSSR count). The van der Waals surface area contributed by atoms with Crippen LogP contribution in [0.4, 0.5) is 14.6 Å². The number of benzene rings is 1. The zero-order valence-electron chi connectivity index (χ0n) is 22.0. The van der Waals surface area contributed by atoms with Crippen LogP contribution in [0.5, 0.6) is 5.75 Å². The molecule has 0 atom stereocenters. The zero-order valence-corrected chi connectivity index (χ0v) is 22.0. The van der Waals surface area contributed by atoms with Crippen LogP contribution in [0, 0.1) is 18.6 Å². The number of nitrogens with one attached hydrogen (secondary N) is 3. The summed E-state index contributed by atoms with van der Waals surface area (Å²) in [6, 6.07) is 4.76. The van der Waals surface area contributed by atoms with Gasteiger partial charge in [-0.05, 0) is 26.8 Å². The molecular weight excluding hydrogens is 478 g/mol. The van der Waals surface area contributed by atoms with Crippen molar-refractivity contribution in [3.8, 4) is 5.75 Å². The number of hydrogen-bond acceptors (Lipinski definition) is 6. The quantitative estimate of drug-likeness (QED) is 0.322. The summed E-state index contributed by atoms with van der Waals surface area (Å²) in [5.41, 5.74) is 1.99. The average molecular weight is 513 g/mol. The van der Waals surface area contributed by atoms with Crippen molar-refractivity contribution < 1.29 is 13.5 Å². The minimum absolute atomic E-state index is 0.0884. The van der Waals surface area contributed by atoms with Crippen LogP contribution in [0.25, 0.3) is 10.9 Å². The monoisotopic (exact) mass is 512 g/mol. The van der Waals surface area contributed by atoms with Gasteiger partial charge in [0.2, 0.25) is 0 Å². The highest BCUT2D eigenvalue weighted by Gasteiger charge is 2.20. The second-order valence-corrected chi connectivity index (χ2v) is 10.2. The summed E-state index contributed by atoms with van der Waals surface area (Å²) >= 11 is 0. The highest BCUT2D eigenvalue weighted by atomic mass is 19.1. The third kappa shape index (κ3) is 6.16. The minimum atomic E-state index is -0.790. The summed E-state index contributed by atoms with van der Waals surface area (Å²) < 4.78 is 35.1. The number of fused-ring (bicyclic) bond motifs is 1. The molecule has 9 nitrogen and oxygen atoms in total. The van der Waals surface area contributed by atoms with E-state index in [1.54, 1.807) is 19.1 Å². The molecule has 0 unspecified atom stereocenters. The lowest BCUT2D eigenvalue weighted by Gasteiger charge is -2.33. The number of anilines is 1. The minimum Gasteiger partial charge on any atom is -0.465 e. The van der Waals surface area contributed by atoms with E-state index in [0.717, 1.165) is 37.6 Å². The van der Waals surface area contributed by atoms with Crippen molar-refractivity contribution in [2.24, 2.45) is 9.98 Å². The van der Waals surface area contributed by atoms with Gasteiger partial charge in [0.15, 0.2) is 29.9 Å². The third-order valence-corrected chi connectivity index (χ3v) is 6.25. The molecule has 0 saturated carbocycles. The first kappa shape index (κ1) is 26.3. The molecule has 0 aliphatic carbocycles. The molecular formula is C26H34F2N8O. The van der Waals surface area contributed by atoms with Crippen molar-refractivity contribution in [2.45, 2.75) is 33.1 Å². The fourth-order valence-electron chi connectivity index (χ4n) is 4.04. The molecule has 3 heterocycles. The Hall–Kier alpha value is -3.73. The standard InChI is InChI=1S/C26H34F2N8O/c1-16-11-17-19(31-16)12-18(27)25(24(17)28)37-15-30-23(36-9-7-35(6)8-10-36)14-21(29-5)32-22-13-20(33-34-22)26(2,3)4/h11-14,31H,5,7-10,15H2,1-4,6H3,(H2,32,33,34)/b21-14+,30-23+. The predicted octanol–water partition coefficient (Wildman–Crippen LogP) is 4.41. The molecule has 37 heavy (non-hydrogen) atoms. The first-order chi connectivity index (χ1) is 17.5. The topological polar surface area (TPSA) is 96.9 Å². The van der Waals surface area contributed by atoms with Gasteiger partial charge in [-0.25, -0.2) is 18.8 Å². The van der Waals surface area contributed by atoms with Crippen LogP contribution in [-0.4, -0.2) is 77.5 Å². The molecule has 0 spiro atoms. The Morgan fingerprint density at radius 1 is 1.22 bits per heavy atom. The number of nitrogens with zero attached hydrogens (tertiary/aromatic N) is 5. The summed E-state index contributed by atoms with van der Waals surface area (Å²) in [6.07, 6.45) is 1.73. The highest BCUT2D eigenvalue weighted by molar-refractivity contribution is 5.94. The molecule has 1 fully saturated rings. The normalized spacial score (nSPS) is 15.9. The van der Waals surface area contributed by atoms with E-state index < -0.39 is 17.4 Å². The van der Waals surface area contributed by atoms with Gasteiger partial charge in [-0.3, -0.25) is 5.10 Å². The lowest BCUT2D eigenvalue weighted by atomic mass is 9.92. The van der Waals surface area contributed by atoms with E-state index in [1.165, 1.54) is 6.07 Å². The molecule has 1 aliphatic rings. The van der Waals surface area contributed by atoms with E-state index in [1.807, 2.05) is 6.07 Å². The van der Waals surface area contributed by atoms with Crippen LogP contribution >= 0.6 is 0 Å². The van der Waals surface area contributed by atoms with Gasteiger partial charge in [0.1, 0.15) is 11.7 Å². The van der Waals surface area contributed by atoms with Gasteiger partial charge in [-0.1, -0.05) is 20.8 Å². The van der Waals surface area contributed by atoms with Crippen molar-refractivity contribution in [2.75, 3.05) is 45.3 Å². The Morgan fingerprint density at radius 3 is 2.59 bits per heavy atom. The van der Waals surface area contributed by atoms with E-state index in [4.69, 9.17) is 4.74 Å². The maximum absolute atomic E-state index is 15.0. The fourth-order valence-corrected chi connectivity index (χ4v) is 4.04. The number of piperazine rings is 1. The molecule has 198 valence electrons. The number of aliphatic imine (C=N–C) groups is 2. The summed E-state index contributed by atoms with van der Waals surface area (Å²) in [5.74, 6) is -0.406. The fraction of sp³-hybridized carbons (Fsp3) is 0.423. The molecule has 3 aromatic rings. The van der Waals surface area contributed by atoms with Gasteiger partial charge in [0.25, 0.3) is 0 Å². The molecule has 11 heteroatoms. The summed E-state index contributed by atoms with van der Waals surface area (Å²) in [6.45, 7) is 14.6. The van der Waals surface area contributed by atoms with E-state index in [2.05, 4.69) is 74.8 Å². The summed E-state index contributed by atoms with van der Waals surface area (Å²) in [4.78, 5) is 15.9. The van der Waals surface area contributed by atoms with E-state index in [0.29, 0.717) is 23.0 Å². The molecule has 3 N–H and O–H groups in total. The maximum Gasteiger partial charge on any atom is 0.194 e. The van der Waals surface area contributed by atoms with Crippen LogP contribution in [0.2, 0.25) is 0 Å². The van der Waals surface area contributed by atoms with Gasteiger partial charge in [0, 0.05) is 66.6 Å². The van der Waals surface area contributed by atoms with Crippen molar-refractivity contribution >= 4 is 29.3 Å². The number of H-pyrrole nitrogens is 2. The van der Waals surface area contributed by atoms with Crippen LogP contribution in [0.15, 0.2) is 40.1 Å². The van der Waals surface area contributed by atoms with Gasteiger partial charge in [0.05, 0.1) is 5.52 Å². The SMILES string of the molecule is C=N/C(=C\C(=N/COc1c(F)cc2[nH]c(C)cc2c1F)N1CCN(C)CC1)Nc1cc(C(C)(C)C)[nH]n1. The van der Waals surface area contributed by atoms with E-state index >= 15 is 0 Å². The molecule has 0 amide bonds. The Morgan fingerprint density at radius 2 is 1.95 bits per heavy atom. The lowest BCUT2D eigenvalue weighted by molar-refractivity contribution is 0.214. The van der Waals surface area contributed by atoms with Gasteiger partial charge < -0.3 is 24.8 Å². The van der Waals surface area contributed by atoms with Crippen LogP contribution in [0.3, 0.4) is 0 Å². The molecule has 1 aromatic carbocycles. The predicted molar refractivity (Wildman–Crippen MR) is 143 cm³/mol.